The van der Waals surface area contributed by atoms with Gasteiger partial charge < -0.3 is 14.2 Å². The van der Waals surface area contributed by atoms with E-state index in [1.54, 1.807) is 26.8 Å². The highest BCUT2D eigenvalue weighted by Crippen LogP contribution is 2.16. The molecule has 0 saturated heterocycles. The summed E-state index contributed by atoms with van der Waals surface area (Å²) in [5, 5.41) is 0. The topological polar surface area (TPSA) is 91.8 Å². The van der Waals surface area contributed by atoms with Crippen LogP contribution in [0.25, 0.3) is 0 Å². The highest BCUT2D eigenvalue weighted by molar-refractivity contribution is 5.96. The van der Waals surface area contributed by atoms with Crippen molar-refractivity contribution in [2.75, 3.05) is 19.8 Å². The van der Waals surface area contributed by atoms with Gasteiger partial charge in [0.05, 0.1) is 31.1 Å². The van der Waals surface area contributed by atoms with Gasteiger partial charge in [-0.15, -0.1) is 0 Å². The van der Waals surface area contributed by atoms with Gasteiger partial charge >= 0.3 is 17.9 Å². The molecule has 0 saturated carbocycles. The van der Waals surface area contributed by atoms with Crippen molar-refractivity contribution < 1.29 is 28.6 Å². The van der Waals surface area contributed by atoms with E-state index in [-0.39, 0.29) is 37.5 Å². The second kappa shape index (κ2) is 12.9. The number of esters is 3. The summed E-state index contributed by atoms with van der Waals surface area (Å²) >= 11 is 0. The number of hydrogen-bond donors (Lipinski definition) is 0. The molecule has 7 nitrogen and oxygen atoms in total. The Kier molecular flexibility index (Phi) is 11.7. The maximum atomic E-state index is 12.0. The lowest BCUT2D eigenvalue weighted by molar-refractivity contribution is -0.161. The summed E-state index contributed by atoms with van der Waals surface area (Å²) in [6.07, 6.45) is 1.39. The van der Waals surface area contributed by atoms with Crippen LogP contribution in [-0.2, 0) is 30.2 Å². The summed E-state index contributed by atoms with van der Waals surface area (Å²) in [6.45, 7) is 9.47. The molecule has 0 aliphatic carbocycles. The first-order valence-corrected chi connectivity index (χ1v) is 8.49. The number of carbonyl (C=O) groups is 3. The Morgan fingerprint density at radius 1 is 0.960 bits per heavy atom. The van der Waals surface area contributed by atoms with Gasteiger partial charge in [-0.3, -0.25) is 14.6 Å². The van der Waals surface area contributed by atoms with Gasteiger partial charge in [0, 0.05) is 12.6 Å². The highest BCUT2D eigenvalue weighted by atomic mass is 16.6. The van der Waals surface area contributed by atoms with E-state index in [1.807, 2.05) is 13.8 Å². The van der Waals surface area contributed by atoms with Crippen molar-refractivity contribution in [3.8, 4) is 0 Å². The number of carbonyl (C=O) groups excluding carboxylic acids is 3. The number of ether oxygens (including phenoxy) is 3. The smallest absolute Gasteiger partial charge is 0.339 e. The van der Waals surface area contributed by atoms with Crippen LogP contribution in [0.2, 0.25) is 0 Å². The summed E-state index contributed by atoms with van der Waals surface area (Å²) in [5.41, 5.74) is 0.505. The maximum absolute atomic E-state index is 12.0. The van der Waals surface area contributed by atoms with E-state index in [1.165, 1.54) is 12.3 Å². The van der Waals surface area contributed by atoms with Crippen molar-refractivity contribution >= 4 is 17.9 Å². The lowest BCUT2D eigenvalue weighted by atomic mass is 10.00. The Morgan fingerprint density at radius 3 is 1.96 bits per heavy atom. The van der Waals surface area contributed by atoms with Gasteiger partial charge in [0.1, 0.15) is 0 Å². The molecule has 0 fully saturated rings. The molecule has 0 N–H and O–H groups in total. The first-order valence-electron chi connectivity index (χ1n) is 8.49. The van der Waals surface area contributed by atoms with E-state index in [0.29, 0.717) is 0 Å². The molecule has 1 heterocycles. The SMILES string of the molecule is CC.CCOC(=O)c1cccnc1CC(C(=O)OCC)C(=O)OCC. The largest absolute Gasteiger partial charge is 0.465 e. The standard InChI is InChI=1S/C16H21NO6.C2H6/c1-4-21-14(18)11-8-7-9-17-13(11)10-12(15(19)22-5-2)16(20)23-6-3;1-2/h7-9,12H,4-6,10H2,1-3H3;1-2H3. The van der Waals surface area contributed by atoms with E-state index in [2.05, 4.69) is 4.98 Å². The van der Waals surface area contributed by atoms with Crippen molar-refractivity contribution in [1.82, 2.24) is 4.98 Å². The van der Waals surface area contributed by atoms with Crippen LogP contribution in [0.5, 0.6) is 0 Å². The third-order valence-electron chi connectivity index (χ3n) is 2.93. The Balaban J connectivity index is 0.00000277. The fourth-order valence-corrected chi connectivity index (χ4v) is 1.94. The van der Waals surface area contributed by atoms with E-state index in [0.717, 1.165) is 0 Å². The predicted octanol–water partition coefficient (Wildman–Crippen LogP) is 2.57. The molecule has 1 rings (SSSR count). The van der Waals surface area contributed by atoms with Crippen LogP contribution in [0.1, 0.15) is 50.7 Å². The monoisotopic (exact) mass is 353 g/mol. The van der Waals surface area contributed by atoms with E-state index >= 15 is 0 Å². The van der Waals surface area contributed by atoms with Crippen molar-refractivity contribution in [3.05, 3.63) is 29.6 Å². The third kappa shape index (κ3) is 7.32. The molecule has 0 amide bonds. The summed E-state index contributed by atoms with van der Waals surface area (Å²) in [4.78, 5) is 40.0. The quantitative estimate of drug-likeness (QED) is 0.403. The van der Waals surface area contributed by atoms with Gasteiger partial charge in [-0.25, -0.2) is 4.79 Å². The van der Waals surface area contributed by atoms with E-state index < -0.39 is 23.8 Å². The molecule has 1 aromatic heterocycles. The molecule has 0 aliphatic heterocycles. The second-order valence-corrected chi connectivity index (χ2v) is 4.48. The Hall–Kier alpha value is -2.44. The first kappa shape index (κ1) is 22.6. The highest BCUT2D eigenvalue weighted by Gasteiger charge is 2.31. The Bertz CT molecular complexity index is 540. The summed E-state index contributed by atoms with van der Waals surface area (Å²) in [7, 11) is 0. The molecule has 0 aromatic carbocycles. The zero-order valence-corrected chi connectivity index (χ0v) is 15.5. The van der Waals surface area contributed by atoms with Gasteiger partial charge in [-0.05, 0) is 32.9 Å². The minimum atomic E-state index is -1.17. The van der Waals surface area contributed by atoms with Crippen LogP contribution >= 0.6 is 0 Å². The van der Waals surface area contributed by atoms with Crippen molar-refractivity contribution in [3.63, 3.8) is 0 Å². The molecular formula is C18H27NO6. The summed E-state index contributed by atoms with van der Waals surface area (Å²) in [5.74, 6) is -3.13. The van der Waals surface area contributed by atoms with E-state index in [4.69, 9.17) is 14.2 Å². The molecule has 7 heteroatoms. The van der Waals surface area contributed by atoms with Crippen LogP contribution in [0.3, 0.4) is 0 Å². The fourth-order valence-electron chi connectivity index (χ4n) is 1.94. The van der Waals surface area contributed by atoms with Crippen LogP contribution in [0.15, 0.2) is 18.3 Å². The van der Waals surface area contributed by atoms with Crippen LogP contribution in [0.4, 0.5) is 0 Å². The van der Waals surface area contributed by atoms with Gasteiger partial charge in [0.2, 0.25) is 0 Å². The molecule has 0 unspecified atom stereocenters. The number of rotatable bonds is 8. The second-order valence-electron chi connectivity index (χ2n) is 4.48. The Labute approximate surface area is 148 Å². The lowest BCUT2D eigenvalue weighted by Gasteiger charge is -2.15. The van der Waals surface area contributed by atoms with Crippen molar-refractivity contribution in [2.45, 2.75) is 41.0 Å². The Morgan fingerprint density at radius 2 is 1.48 bits per heavy atom. The number of nitrogens with zero attached hydrogens (tertiary/aromatic N) is 1. The van der Waals surface area contributed by atoms with Crippen LogP contribution in [-0.4, -0.2) is 42.7 Å². The lowest BCUT2D eigenvalue weighted by Crippen LogP contribution is -2.31. The summed E-state index contributed by atoms with van der Waals surface area (Å²) in [6, 6.07) is 3.12. The molecule has 0 aliphatic rings. The molecule has 1 aromatic rings. The minimum Gasteiger partial charge on any atom is -0.465 e. The van der Waals surface area contributed by atoms with E-state index in [9.17, 15) is 14.4 Å². The molecule has 140 valence electrons. The maximum Gasteiger partial charge on any atom is 0.339 e. The molecule has 0 atom stereocenters. The summed E-state index contributed by atoms with van der Waals surface area (Å²) < 4.78 is 14.8. The third-order valence-corrected chi connectivity index (χ3v) is 2.93. The zero-order valence-electron chi connectivity index (χ0n) is 15.5. The number of aromatic nitrogens is 1. The molecule has 0 spiro atoms. The number of hydrogen-bond acceptors (Lipinski definition) is 7. The number of pyridine rings is 1. The average Bonchev–Trinajstić information content (AvgIpc) is 2.62. The van der Waals surface area contributed by atoms with Crippen molar-refractivity contribution in [2.24, 2.45) is 5.92 Å². The van der Waals surface area contributed by atoms with Crippen LogP contribution in [0, 0.1) is 5.92 Å². The fraction of sp³-hybridized carbons (Fsp3) is 0.556. The molecule has 0 bridgehead atoms. The minimum absolute atomic E-state index is 0.0906. The molecule has 25 heavy (non-hydrogen) atoms. The van der Waals surface area contributed by atoms with Crippen LogP contribution < -0.4 is 0 Å². The van der Waals surface area contributed by atoms with Gasteiger partial charge in [-0.1, -0.05) is 13.8 Å². The zero-order chi connectivity index (χ0) is 19.2. The normalized spacial score (nSPS) is 9.68. The average molecular weight is 353 g/mol. The van der Waals surface area contributed by atoms with Crippen molar-refractivity contribution in [1.29, 1.82) is 0 Å². The van der Waals surface area contributed by atoms with Gasteiger partial charge in [-0.2, -0.15) is 0 Å². The molecular weight excluding hydrogens is 326 g/mol. The molecule has 0 radical (unpaired) electrons. The first-order chi connectivity index (χ1) is 12.0. The predicted molar refractivity (Wildman–Crippen MR) is 92.0 cm³/mol. The van der Waals surface area contributed by atoms with Gasteiger partial charge in [0.25, 0.3) is 0 Å². The van der Waals surface area contributed by atoms with Gasteiger partial charge in [0.15, 0.2) is 5.92 Å².